The summed E-state index contributed by atoms with van der Waals surface area (Å²) in [4.78, 5) is 25.3. The van der Waals surface area contributed by atoms with Crippen molar-refractivity contribution >= 4 is 11.9 Å². The minimum Gasteiger partial charge on any atom is -0.494 e. The number of carbonyl (C=O) groups is 2. The van der Waals surface area contributed by atoms with E-state index < -0.39 is 11.9 Å². The Labute approximate surface area is 280 Å². The van der Waals surface area contributed by atoms with Crippen LogP contribution in [0.2, 0.25) is 0 Å². The first-order valence-corrected chi connectivity index (χ1v) is 17.7. The zero-order chi connectivity index (χ0) is 32.9. The smallest absolute Gasteiger partial charge is 0.343 e. The fourth-order valence-corrected chi connectivity index (χ4v) is 5.51. The first-order chi connectivity index (χ1) is 23.1. The molecule has 1 saturated heterocycles. The molecule has 3 aromatic rings. The van der Waals surface area contributed by atoms with Gasteiger partial charge in [-0.05, 0) is 98.3 Å². The molecular formula is C40H52O7. The molecule has 4 rings (SSSR count). The van der Waals surface area contributed by atoms with Crippen LogP contribution in [0.5, 0.6) is 17.2 Å². The van der Waals surface area contributed by atoms with Crippen LogP contribution >= 0.6 is 0 Å². The van der Waals surface area contributed by atoms with Gasteiger partial charge in [-0.3, -0.25) is 0 Å². The highest BCUT2D eigenvalue weighted by Crippen LogP contribution is 2.20. The Hall–Kier alpha value is -3.68. The van der Waals surface area contributed by atoms with Gasteiger partial charge in [-0.1, -0.05) is 76.8 Å². The predicted molar refractivity (Wildman–Crippen MR) is 184 cm³/mol. The molecule has 3 aromatic carbocycles. The van der Waals surface area contributed by atoms with Crippen LogP contribution in [-0.4, -0.2) is 38.0 Å². The Morgan fingerprint density at radius 3 is 1.70 bits per heavy atom. The Morgan fingerprint density at radius 1 is 0.617 bits per heavy atom. The fraction of sp³-hybridized carbons (Fsp3) is 0.500. The minimum atomic E-state index is -0.480. The Kier molecular flexibility index (Phi) is 16.3. The SMILES string of the molecule is CCCCCCCCCc1ccc(OC(=O)c2ccc(OC(=O)c3ccc(OCCCCCCCOC4CCCO4)cc3)cc2)cc1. The van der Waals surface area contributed by atoms with E-state index in [1.54, 1.807) is 48.5 Å². The van der Waals surface area contributed by atoms with Gasteiger partial charge in [0.05, 0.1) is 17.7 Å². The van der Waals surface area contributed by atoms with Crippen molar-refractivity contribution in [1.82, 2.24) is 0 Å². The molecule has 0 aliphatic carbocycles. The molecule has 1 fully saturated rings. The number of carbonyl (C=O) groups excluding carboxylic acids is 2. The topological polar surface area (TPSA) is 80.3 Å². The molecular weight excluding hydrogens is 592 g/mol. The van der Waals surface area contributed by atoms with Crippen LogP contribution in [0.3, 0.4) is 0 Å². The molecule has 7 nitrogen and oxygen atoms in total. The summed E-state index contributed by atoms with van der Waals surface area (Å²) in [5.41, 5.74) is 2.05. The standard InChI is InChI=1S/C40H52O7/c1-2-3-4-5-6-8-11-15-32-17-23-36(24-18-32)46-40(42)34-21-27-37(28-22-34)47-39(41)33-19-25-35(26-20-33)43-29-12-9-7-10-13-30-44-38-16-14-31-45-38/h17-28,38H,2-16,29-31H2,1H3. The highest BCUT2D eigenvalue weighted by atomic mass is 16.7. The number of rotatable bonds is 22. The van der Waals surface area contributed by atoms with E-state index in [0.29, 0.717) is 29.2 Å². The number of hydrogen-bond donors (Lipinski definition) is 0. The van der Waals surface area contributed by atoms with Crippen molar-refractivity contribution in [3.8, 4) is 17.2 Å². The molecule has 0 amide bonds. The summed E-state index contributed by atoms with van der Waals surface area (Å²) in [5.74, 6) is 0.634. The molecule has 1 aliphatic rings. The number of ether oxygens (including phenoxy) is 5. The van der Waals surface area contributed by atoms with Crippen molar-refractivity contribution in [3.05, 3.63) is 89.5 Å². The van der Waals surface area contributed by atoms with E-state index in [0.717, 1.165) is 70.3 Å². The van der Waals surface area contributed by atoms with Gasteiger partial charge in [0.2, 0.25) is 0 Å². The van der Waals surface area contributed by atoms with Crippen LogP contribution in [0.4, 0.5) is 0 Å². The summed E-state index contributed by atoms with van der Waals surface area (Å²) in [7, 11) is 0. The lowest BCUT2D eigenvalue weighted by atomic mass is 10.0. The highest BCUT2D eigenvalue weighted by Gasteiger charge is 2.15. The second kappa shape index (κ2) is 21.2. The lowest BCUT2D eigenvalue weighted by Crippen LogP contribution is -2.11. The molecule has 1 unspecified atom stereocenters. The normalized spacial score (nSPS) is 14.2. The van der Waals surface area contributed by atoms with Gasteiger partial charge >= 0.3 is 11.9 Å². The van der Waals surface area contributed by atoms with Gasteiger partial charge < -0.3 is 23.7 Å². The van der Waals surface area contributed by atoms with Crippen molar-refractivity contribution in [2.75, 3.05) is 19.8 Å². The van der Waals surface area contributed by atoms with Crippen LogP contribution in [0.15, 0.2) is 72.8 Å². The Morgan fingerprint density at radius 2 is 1.13 bits per heavy atom. The summed E-state index contributed by atoms with van der Waals surface area (Å²) in [6.45, 7) is 4.47. The van der Waals surface area contributed by atoms with E-state index >= 15 is 0 Å². The van der Waals surface area contributed by atoms with Crippen LogP contribution in [-0.2, 0) is 15.9 Å². The summed E-state index contributed by atoms with van der Waals surface area (Å²) in [6.07, 6.45) is 17.6. The summed E-state index contributed by atoms with van der Waals surface area (Å²) >= 11 is 0. The van der Waals surface area contributed by atoms with E-state index in [1.807, 2.05) is 24.3 Å². The predicted octanol–water partition coefficient (Wildman–Crippen LogP) is 9.90. The Balaban J connectivity index is 1.08. The van der Waals surface area contributed by atoms with Crippen LogP contribution in [0.1, 0.15) is 123 Å². The van der Waals surface area contributed by atoms with E-state index in [1.165, 1.54) is 50.5 Å². The largest absolute Gasteiger partial charge is 0.494 e. The third kappa shape index (κ3) is 13.9. The highest BCUT2D eigenvalue weighted by molar-refractivity contribution is 5.92. The number of hydrogen-bond acceptors (Lipinski definition) is 7. The summed E-state index contributed by atoms with van der Waals surface area (Å²) in [5, 5.41) is 0. The summed E-state index contributed by atoms with van der Waals surface area (Å²) < 4.78 is 28.1. The van der Waals surface area contributed by atoms with Gasteiger partial charge in [-0.15, -0.1) is 0 Å². The molecule has 0 bridgehead atoms. The van der Waals surface area contributed by atoms with Crippen molar-refractivity contribution in [3.63, 3.8) is 0 Å². The molecule has 0 radical (unpaired) electrons. The lowest BCUT2D eigenvalue weighted by Gasteiger charge is -2.10. The molecule has 0 spiro atoms. The first-order valence-electron chi connectivity index (χ1n) is 17.7. The summed E-state index contributed by atoms with van der Waals surface area (Å²) in [6, 6.07) is 21.0. The lowest BCUT2D eigenvalue weighted by molar-refractivity contribution is -0.111. The van der Waals surface area contributed by atoms with Gasteiger partial charge in [0.1, 0.15) is 17.2 Å². The number of benzene rings is 3. The van der Waals surface area contributed by atoms with Crippen molar-refractivity contribution in [2.45, 2.75) is 110 Å². The molecule has 1 aliphatic heterocycles. The number of unbranched alkanes of at least 4 members (excludes halogenated alkanes) is 10. The molecule has 0 N–H and O–H groups in total. The van der Waals surface area contributed by atoms with Gasteiger partial charge in [0.25, 0.3) is 0 Å². The van der Waals surface area contributed by atoms with E-state index in [9.17, 15) is 9.59 Å². The van der Waals surface area contributed by atoms with Gasteiger partial charge in [0.15, 0.2) is 6.29 Å². The minimum absolute atomic E-state index is 0.0133. The van der Waals surface area contributed by atoms with Crippen LogP contribution < -0.4 is 14.2 Å². The molecule has 0 aromatic heterocycles. The molecule has 47 heavy (non-hydrogen) atoms. The third-order valence-corrected chi connectivity index (χ3v) is 8.34. The first kappa shape index (κ1) is 36.2. The Bertz CT molecular complexity index is 1300. The maximum absolute atomic E-state index is 12.7. The second-order valence-corrected chi connectivity index (χ2v) is 12.3. The molecule has 7 heteroatoms. The number of esters is 2. The third-order valence-electron chi connectivity index (χ3n) is 8.34. The average molecular weight is 645 g/mol. The maximum atomic E-state index is 12.7. The van der Waals surface area contributed by atoms with E-state index in [4.69, 9.17) is 23.7 Å². The molecule has 0 saturated carbocycles. The van der Waals surface area contributed by atoms with Crippen LogP contribution in [0.25, 0.3) is 0 Å². The zero-order valence-electron chi connectivity index (χ0n) is 28.1. The van der Waals surface area contributed by atoms with Crippen molar-refractivity contribution in [1.29, 1.82) is 0 Å². The molecule has 1 heterocycles. The van der Waals surface area contributed by atoms with Crippen molar-refractivity contribution in [2.24, 2.45) is 0 Å². The second-order valence-electron chi connectivity index (χ2n) is 12.3. The van der Waals surface area contributed by atoms with Crippen LogP contribution in [0, 0.1) is 0 Å². The molecule has 1 atom stereocenters. The molecule has 254 valence electrons. The zero-order valence-corrected chi connectivity index (χ0v) is 28.1. The average Bonchev–Trinajstić information content (AvgIpc) is 3.62. The maximum Gasteiger partial charge on any atom is 0.343 e. The van der Waals surface area contributed by atoms with Crippen molar-refractivity contribution < 1.29 is 33.3 Å². The monoisotopic (exact) mass is 644 g/mol. The quantitative estimate of drug-likeness (QED) is 0.0612. The van der Waals surface area contributed by atoms with E-state index in [2.05, 4.69) is 6.92 Å². The van der Waals surface area contributed by atoms with Gasteiger partial charge in [-0.2, -0.15) is 0 Å². The number of aryl methyl sites for hydroxylation is 1. The fourth-order valence-electron chi connectivity index (χ4n) is 5.51. The van der Waals surface area contributed by atoms with Gasteiger partial charge in [0, 0.05) is 19.6 Å². The van der Waals surface area contributed by atoms with Gasteiger partial charge in [-0.25, -0.2) is 9.59 Å². The van der Waals surface area contributed by atoms with E-state index in [-0.39, 0.29) is 6.29 Å².